The lowest BCUT2D eigenvalue weighted by Crippen LogP contribution is -2.47. The number of anilines is 1. The summed E-state index contributed by atoms with van der Waals surface area (Å²) < 4.78 is 13.5. The number of fused-ring (bicyclic) bond motifs is 2. The molecule has 2 heterocycles. The van der Waals surface area contributed by atoms with Crippen LogP contribution in [0, 0.1) is 18.7 Å². The van der Waals surface area contributed by atoms with Crippen LogP contribution >= 0.6 is 11.6 Å². The van der Waals surface area contributed by atoms with E-state index < -0.39 is 5.82 Å². The Balaban J connectivity index is 1.43. The minimum atomic E-state index is -0.583. The molecule has 1 atom stereocenters. The van der Waals surface area contributed by atoms with Crippen LogP contribution in [-0.4, -0.2) is 41.9 Å². The van der Waals surface area contributed by atoms with Crippen molar-refractivity contribution in [2.24, 2.45) is 10.9 Å². The maximum Gasteiger partial charge on any atom is 0.238 e. The highest BCUT2D eigenvalue weighted by Gasteiger charge is 2.36. The van der Waals surface area contributed by atoms with Gasteiger partial charge in [0, 0.05) is 30.1 Å². The van der Waals surface area contributed by atoms with Crippen LogP contribution in [0.5, 0.6) is 0 Å². The van der Waals surface area contributed by atoms with E-state index in [4.69, 9.17) is 11.6 Å². The third kappa shape index (κ3) is 3.70. The van der Waals surface area contributed by atoms with Crippen LogP contribution < -0.4 is 5.32 Å². The molecule has 2 aromatic rings. The molecule has 0 aliphatic carbocycles. The number of carbonyl (C=O) groups excluding carboxylic acids is 2. The van der Waals surface area contributed by atoms with Crippen LogP contribution in [0.4, 0.5) is 15.8 Å². The van der Waals surface area contributed by atoms with Crippen molar-refractivity contribution in [1.82, 2.24) is 4.90 Å². The first-order chi connectivity index (χ1) is 13.4. The maximum absolute atomic E-state index is 13.5. The number of aliphatic imine (C=N–C) groups is 1. The summed E-state index contributed by atoms with van der Waals surface area (Å²) in [5, 5.41) is 2.68. The van der Waals surface area contributed by atoms with Crippen molar-refractivity contribution in [3.05, 3.63) is 58.4 Å². The van der Waals surface area contributed by atoms with E-state index in [1.807, 2.05) is 30.0 Å². The van der Waals surface area contributed by atoms with E-state index in [0.29, 0.717) is 30.8 Å². The fourth-order valence-corrected chi connectivity index (χ4v) is 3.80. The Morgan fingerprint density at radius 3 is 2.93 bits per heavy atom. The van der Waals surface area contributed by atoms with Gasteiger partial charge in [-0.25, -0.2) is 4.39 Å². The number of amides is 1. The van der Waals surface area contributed by atoms with Gasteiger partial charge in [0.15, 0.2) is 5.78 Å². The van der Waals surface area contributed by atoms with E-state index in [2.05, 4.69) is 10.3 Å². The number of nitrogens with zero attached hydrogens (tertiary/aromatic N) is 2. The lowest BCUT2D eigenvalue weighted by molar-refractivity contribution is -0.117. The number of nitrogens with one attached hydrogen (secondary N) is 1. The Hall–Kier alpha value is -2.57. The molecule has 1 N–H and O–H groups in total. The number of halogens is 2. The van der Waals surface area contributed by atoms with Crippen LogP contribution in [0.2, 0.25) is 5.02 Å². The predicted octanol–water partition coefficient (Wildman–Crippen LogP) is 4.02. The molecule has 0 radical (unpaired) electrons. The smallest absolute Gasteiger partial charge is 0.238 e. The number of ketones is 1. The number of benzene rings is 2. The van der Waals surface area contributed by atoms with Gasteiger partial charge in [-0.3, -0.25) is 19.5 Å². The SMILES string of the molecule is Cc1ccc2c(c1)C(=O)C1CN(CC(=O)Nc3ccc(Cl)c(F)c3)CCC1=N2. The number of hydrogen-bond donors (Lipinski definition) is 1. The van der Waals surface area contributed by atoms with Crippen molar-refractivity contribution in [3.63, 3.8) is 0 Å². The average molecular weight is 400 g/mol. The van der Waals surface area contributed by atoms with E-state index in [1.54, 1.807) is 6.07 Å². The Morgan fingerprint density at radius 1 is 1.32 bits per heavy atom. The third-order valence-corrected chi connectivity index (χ3v) is 5.40. The van der Waals surface area contributed by atoms with Crippen molar-refractivity contribution in [2.45, 2.75) is 13.3 Å². The van der Waals surface area contributed by atoms with Gasteiger partial charge >= 0.3 is 0 Å². The van der Waals surface area contributed by atoms with Crippen LogP contribution in [0.25, 0.3) is 0 Å². The lowest BCUT2D eigenvalue weighted by atomic mass is 9.84. The van der Waals surface area contributed by atoms with Crippen LogP contribution in [0.15, 0.2) is 41.4 Å². The zero-order chi connectivity index (χ0) is 19.8. The van der Waals surface area contributed by atoms with E-state index >= 15 is 0 Å². The summed E-state index contributed by atoms with van der Waals surface area (Å²) in [5.41, 5.74) is 3.64. The first-order valence-electron chi connectivity index (χ1n) is 9.10. The molecule has 2 aliphatic rings. The van der Waals surface area contributed by atoms with E-state index in [9.17, 15) is 14.0 Å². The molecule has 1 fully saturated rings. The van der Waals surface area contributed by atoms with E-state index in [0.717, 1.165) is 17.0 Å². The first-order valence-corrected chi connectivity index (χ1v) is 9.48. The monoisotopic (exact) mass is 399 g/mol. The molecule has 0 aromatic heterocycles. The highest BCUT2D eigenvalue weighted by atomic mass is 35.5. The molecule has 0 bridgehead atoms. The van der Waals surface area contributed by atoms with Crippen molar-refractivity contribution < 1.29 is 14.0 Å². The Morgan fingerprint density at radius 2 is 2.14 bits per heavy atom. The van der Waals surface area contributed by atoms with Crippen molar-refractivity contribution in [3.8, 4) is 0 Å². The zero-order valence-electron chi connectivity index (χ0n) is 15.3. The summed E-state index contributed by atoms with van der Waals surface area (Å²) in [7, 11) is 0. The van der Waals surface area contributed by atoms with Gasteiger partial charge in [-0.1, -0.05) is 23.2 Å². The first kappa shape index (κ1) is 18.8. The normalized spacial score (nSPS) is 18.9. The van der Waals surface area contributed by atoms with E-state index in [-0.39, 0.29) is 29.2 Å². The largest absolute Gasteiger partial charge is 0.325 e. The van der Waals surface area contributed by atoms with Crippen molar-refractivity contribution in [2.75, 3.05) is 25.0 Å². The second-order valence-corrected chi connectivity index (χ2v) is 7.61. The fraction of sp³-hybridized carbons (Fsp3) is 0.286. The van der Waals surface area contributed by atoms with E-state index in [1.165, 1.54) is 12.1 Å². The fourth-order valence-electron chi connectivity index (χ4n) is 3.68. The van der Waals surface area contributed by atoms with Gasteiger partial charge in [0.25, 0.3) is 0 Å². The number of carbonyl (C=O) groups is 2. The van der Waals surface area contributed by atoms with Gasteiger partial charge in [0.05, 0.1) is 23.2 Å². The standard InChI is InChI=1S/C21H19ClFN3O2/c1-12-2-5-18-14(8-12)21(28)15-10-26(7-6-19(15)25-18)11-20(27)24-13-3-4-16(22)17(23)9-13/h2-5,8-9,15H,6-7,10-11H2,1H3,(H,24,27). The number of likely N-dealkylation sites (tertiary alicyclic amines) is 1. The maximum atomic E-state index is 13.5. The summed E-state index contributed by atoms with van der Waals surface area (Å²) in [4.78, 5) is 31.9. The molecular weight excluding hydrogens is 381 g/mol. The van der Waals surface area contributed by atoms with Crippen molar-refractivity contribution >= 4 is 40.4 Å². The topological polar surface area (TPSA) is 61.8 Å². The molecule has 4 rings (SSSR count). The van der Waals surface area contributed by atoms with Gasteiger partial charge in [-0.05, 0) is 43.7 Å². The highest BCUT2D eigenvalue weighted by Crippen LogP contribution is 2.32. The second kappa shape index (κ2) is 7.45. The number of aryl methyl sites for hydroxylation is 1. The molecule has 0 saturated carbocycles. The van der Waals surface area contributed by atoms with Gasteiger partial charge in [0.1, 0.15) is 5.82 Å². The molecule has 144 valence electrons. The summed E-state index contributed by atoms with van der Waals surface area (Å²) in [5.74, 6) is -1.10. The molecular formula is C21H19ClFN3O2. The minimum Gasteiger partial charge on any atom is -0.325 e. The van der Waals surface area contributed by atoms with Gasteiger partial charge in [-0.2, -0.15) is 0 Å². The summed E-state index contributed by atoms with van der Waals surface area (Å²) in [6.45, 7) is 3.17. The molecule has 1 amide bonds. The molecule has 5 nitrogen and oxygen atoms in total. The summed E-state index contributed by atoms with van der Waals surface area (Å²) >= 11 is 5.66. The van der Waals surface area contributed by atoms with Gasteiger partial charge < -0.3 is 5.32 Å². The van der Waals surface area contributed by atoms with Gasteiger partial charge in [-0.15, -0.1) is 0 Å². The number of piperidine rings is 1. The number of rotatable bonds is 3. The molecule has 1 saturated heterocycles. The Bertz CT molecular complexity index is 1010. The predicted molar refractivity (Wildman–Crippen MR) is 107 cm³/mol. The van der Waals surface area contributed by atoms with Crippen LogP contribution in [-0.2, 0) is 4.79 Å². The summed E-state index contributed by atoms with van der Waals surface area (Å²) in [6.07, 6.45) is 0.645. The second-order valence-electron chi connectivity index (χ2n) is 7.20. The molecule has 1 unspecified atom stereocenters. The summed E-state index contributed by atoms with van der Waals surface area (Å²) in [6, 6.07) is 9.85. The molecule has 2 aromatic carbocycles. The number of Topliss-reactive ketones (excluding diaryl/α,β-unsaturated/α-hetero) is 1. The minimum absolute atomic E-state index is 0.00664. The molecule has 0 spiro atoms. The Kier molecular flexibility index (Phi) is 5.00. The molecule has 2 aliphatic heterocycles. The zero-order valence-corrected chi connectivity index (χ0v) is 16.1. The third-order valence-electron chi connectivity index (χ3n) is 5.10. The quantitative estimate of drug-likeness (QED) is 0.848. The van der Waals surface area contributed by atoms with Crippen molar-refractivity contribution in [1.29, 1.82) is 0 Å². The van der Waals surface area contributed by atoms with Crippen LogP contribution in [0.1, 0.15) is 22.3 Å². The number of hydrogen-bond acceptors (Lipinski definition) is 4. The highest BCUT2D eigenvalue weighted by molar-refractivity contribution is 6.30. The Labute approximate surface area is 167 Å². The van der Waals surface area contributed by atoms with Gasteiger partial charge in [0.2, 0.25) is 5.91 Å². The average Bonchev–Trinajstić information content (AvgIpc) is 2.66. The molecule has 28 heavy (non-hydrogen) atoms. The molecule has 7 heteroatoms. The van der Waals surface area contributed by atoms with Crippen LogP contribution in [0.3, 0.4) is 0 Å². The lowest BCUT2D eigenvalue weighted by Gasteiger charge is -2.34.